The largest absolute Gasteiger partial charge is 0.296 e. The van der Waals surface area contributed by atoms with Crippen molar-refractivity contribution in [3.8, 4) is 0 Å². The van der Waals surface area contributed by atoms with E-state index in [2.05, 4.69) is 70.4 Å². The van der Waals surface area contributed by atoms with E-state index in [0.717, 1.165) is 25.9 Å². The monoisotopic (exact) mass is 394 g/mol. The van der Waals surface area contributed by atoms with Gasteiger partial charge in [-0.3, -0.25) is 9.89 Å². The fraction of sp³-hybridized carbons (Fsp3) is 0.593. The van der Waals surface area contributed by atoms with Crippen LogP contribution in [0.1, 0.15) is 88.8 Å². The van der Waals surface area contributed by atoms with Crippen LogP contribution in [0.25, 0.3) is 0 Å². The molecule has 0 aromatic heterocycles. The third-order valence-electron chi connectivity index (χ3n) is 6.06. The van der Waals surface area contributed by atoms with Crippen molar-refractivity contribution in [1.29, 1.82) is 0 Å². The molecule has 2 rings (SSSR count). The summed E-state index contributed by atoms with van der Waals surface area (Å²) >= 11 is 0. The van der Waals surface area contributed by atoms with Crippen LogP contribution in [0.4, 0.5) is 0 Å². The highest BCUT2D eigenvalue weighted by Crippen LogP contribution is 2.34. The van der Waals surface area contributed by atoms with E-state index in [4.69, 9.17) is 4.99 Å². The molecule has 0 amide bonds. The highest BCUT2D eigenvalue weighted by Gasteiger charge is 2.32. The molecule has 0 N–H and O–H groups in total. The number of allylic oxidation sites excluding steroid dienone is 1. The van der Waals surface area contributed by atoms with E-state index in [1.54, 1.807) is 0 Å². The maximum atomic E-state index is 4.78. The van der Waals surface area contributed by atoms with Gasteiger partial charge in [0.25, 0.3) is 0 Å². The van der Waals surface area contributed by atoms with Gasteiger partial charge in [-0.25, -0.2) is 0 Å². The van der Waals surface area contributed by atoms with Crippen molar-refractivity contribution in [2.45, 2.75) is 91.5 Å². The second-order valence-corrected chi connectivity index (χ2v) is 8.96. The molecule has 2 heteroatoms. The molecule has 2 unspecified atom stereocenters. The first kappa shape index (κ1) is 23.6. The van der Waals surface area contributed by atoms with E-state index in [0.29, 0.717) is 12.0 Å². The molecular formula is C27H42N2. The smallest absolute Gasteiger partial charge is 0.0253 e. The van der Waals surface area contributed by atoms with Gasteiger partial charge >= 0.3 is 0 Å². The molecule has 1 fully saturated rings. The summed E-state index contributed by atoms with van der Waals surface area (Å²) in [6.07, 6.45) is 12.3. The van der Waals surface area contributed by atoms with Crippen molar-refractivity contribution < 1.29 is 0 Å². The Balaban J connectivity index is 2.08. The Bertz CT molecular complexity index is 709. The van der Waals surface area contributed by atoms with Crippen LogP contribution in [0.2, 0.25) is 0 Å². The second-order valence-electron chi connectivity index (χ2n) is 8.96. The third-order valence-corrected chi connectivity index (χ3v) is 6.06. The van der Waals surface area contributed by atoms with E-state index in [-0.39, 0.29) is 0 Å². The van der Waals surface area contributed by atoms with Gasteiger partial charge in [0.05, 0.1) is 0 Å². The summed E-state index contributed by atoms with van der Waals surface area (Å²) in [7, 11) is 0. The second kappa shape index (κ2) is 12.1. The van der Waals surface area contributed by atoms with Crippen LogP contribution in [-0.4, -0.2) is 29.7 Å². The first-order valence-electron chi connectivity index (χ1n) is 11.6. The third kappa shape index (κ3) is 7.26. The van der Waals surface area contributed by atoms with Gasteiger partial charge in [0.1, 0.15) is 0 Å². The van der Waals surface area contributed by atoms with E-state index >= 15 is 0 Å². The number of hydrogen-bond donors (Lipinski definition) is 0. The van der Waals surface area contributed by atoms with E-state index in [1.807, 2.05) is 6.20 Å². The molecule has 0 saturated carbocycles. The highest BCUT2D eigenvalue weighted by atomic mass is 15.2. The van der Waals surface area contributed by atoms with Crippen LogP contribution >= 0.6 is 0 Å². The Morgan fingerprint density at radius 3 is 2.62 bits per heavy atom. The van der Waals surface area contributed by atoms with E-state index in [1.165, 1.54) is 60.1 Å². The Kier molecular flexibility index (Phi) is 9.87. The summed E-state index contributed by atoms with van der Waals surface area (Å²) in [4.78, 5) is 7.41. The van der Waals surface area contributed by atoms with Crippen LogP contribution in [0.5, 0.6) is 0 Å². The average molecular weight is 395 g/mol. The molecule has 1 aromatic rings. The number of nitrogens with zero attached hydrogens (tertiary/aromatic N) is 2. The summed E-state index contributed by atoms with van der Waals surface area (Å²) in [5.74, 6) is 0.638. The number of rotatable bonds is 11. The van der Waals surface area contributed by atoms with E-state index < -0.39 is 0 Å². The van der Waals surface area contributed by atoms with Crippen LogP contribution in [0.15, 0.2) is 47.6 Å². The van der Waals surface area contributed by atoms with Crippen LogP contribution < -0.4 is 0 Å². The molecule has 1 aliphatic rings. The van der Waals surface area contributed by atoms with Crippen molar-refractivity contribution in [2.75, 3.05) is 13.1 Å². The molecule has 2 nitrogen and oxygen atoms in total. The molecule has 1 saturated heterocycles. The minimum atomic E-state index is 0.627. The van der Waals surface area contributed by atoms with Crippen molar-refractivity contribution >= 4 is 5.71 Å². The number of likely N-dealkylation sites (tertiary alicyclic amines) is 1. The van der Waals surface area contributed by atoms with Gasteiger partial charge in [0, 0.05) is 31.0 Å². The normalized spacial score (nSPS) is 20.1. The van der Waals surface area contributed by atoms with Gasteiger partial charge in [-0.2, -0.15) is 0 Å². The standard InChI is InChI=1S/C27H42N2/c1-7-10-23-12-13-24(17-22(23)6)25-18-27(29(20-25)16-9-3)15-14-26(11-8-2)28-19-21(4)5/h9,12-13,17,19,25,27H,3,7-8,10-11,14-16,18,20H2,1-2,4-6H3. The zero-order chi connectivity index (χ0) is 21.2. The van der Waals surface area contributed by atoms with Gasteiger partial charge in [0.15, 0.2) is 0 Å². The number of aliphatic imine (C=N–C) groups is 1. The molecule has 0 radical (unpaired) electrons. The quantitative estimate of drug-likeness (QED) is 0.285. The average Bonchev–Trinajstić information content (AvgIpc) is 3.09. The molecule has 0 aliphatic carbocycles. The maximum absolute atomic E-state index is 4.78. The summed E-state index contributed by atoms with van der Waals surface area (Å²) < 4.78 is 0. The summed E-state index contributed by atoms with van der Waals surface area (Å²) in [5, 5.41) is 0. The van der Waals surface area contributed by atoms with Crippen molar-refractivity contribution in [2.24, 2.45) is 4.99 Å². The number of benzene rings is 1. The fourth-order valence-electron chi connectivity index (χ4n) is 4.53. The lowest BCUT2D eigenvalue weighted by atomic mass is 9.91. The van der Waals surface area contributed by atoms with Gasteiger partial charge in [0.2, 0.25) is 0 Å². The lowest BCUT2D eigenvalue weighted by Crippen LogP contribution is -2.30. The van der Waals surface area contributed by atoms with Crippen molar-refractivity contribution in [3.05, 3.63) is 59.3 Å². The summed E-state index contributed by atoms with van der Waals surface area (Å²) in [6.45, 7) is 17.2. The topological polar surface area (TPSA) is 15.6 Å². The Morgan fingerprint density at radius 2 is 2.00 bits per heavy atom. The van der Waals surface area contributed by atoms with E-state index in [9.17, 15) is 0 Å². The zero-order valence-electron chi connectivity index (χ0n) is 19.5. The van der Waals surface area contributed by atoms with Crippen LogP contribution in [0, 0.1) is 6.92 Å². The molecule has 29 heavy (non-hydrogen) atoms. The van der Waals surface area contributed by atoms with Crippen LogP contribution in [-0.2, 0) is 6.42 Å². The van der Waals surface area contributed by atoms with Crippen LogP contribution in [0.3, 0.4) is 0 Å². The Morgan fingerprint density at radius 1 is 1.21 bits per heavy atom. The number of aryl methyl sites for hydroxylation is 2. The van der Waals surface area contributed by atoms with Gasteiger partial charge in [-0.15, -0.1) is 6.58 Å². The first-order chi connectivity index (χ1) is 14.0. The van der Waals surface area contributed by atoms with Crippen molar-refractivity contribution in [1.82, 2.24) is 4.90 Å². The predicted molar refractivity (Wildman–Crippen MR) is 129 cm³/mol. The Labute approximate surface area is 179 Å². The maximum Gasteiger partial charge on any atom is 0.0253 e. The van der Waals surface area contributed by atoms with Gasteiger partial charge in [-0.05, 0) is 75.5 Å². The minimum absolute atomic E-state index is 0.627. The molecule has 1 aliphatic heterocycles. The Hall–Kier alpha value is -1.67. The number of hydrogen-bond acceptors (Lipinski definition) is 2. The predicted octanol–water partition coefficient (Wildman–Crippen LogP) is 7.24. The van der Waals surface area contributed by atoms with Gasteiger partial charge in [-0.1, -0.05) is 56.5 Å². The molecule has 1 aromatic carbocycles. The molecule has 160 valence electrons. The SMILES string of the molecule is C=CCN1CC(c2ccc(CCC)c(C)c2)CC1CCC(CCC)=NC=C(C)C. The molecular weight excluding hydrogens is 352 g/mol. The highest BCUT2D eigenvalue weighted by molar-refractivity contribution is 5.85. The molecule has 0 bridgehead atoms. The van der Waals surface area contributed by atoms with Gasteiger partial charge < -0.3 is 0 Å². The van der Waals surface area contributed by atoms with Crippen molar-refractivity contribution in [3.63, 3.8) is 0 Å². The molecule has 1 heterocycles. The lowest BCUT2D eigenvalue weighted by molar-refractivity contribution is 0.270. The minimum Gasteiger partial charge on any atom is -0.296 e. The first-order valence-corrected chi connectivity index (χ1v) is 11.6. The summed E-state index contributed by atoms with van der Waals surface area (Å²) in [5.41, 5.74) is 7.12. The lowest BCUT2D eigenvalue weighted by Gasteiger charge is -2.23. The zero-order valence-corrected chi connectivity index (χ0v) is 19.5. The summed E-state index contributed by atoms with van der Waals surface area (Å²) in [6, 6.07) is 7.83. The molecule has 0 spiro atoms. The fourth-order valence-corrected chi connectivity index (χ4v) is 4.53. The molecule has 2 atom stereocenters.